The van der Waals surface area contributed by atoms with Crippen LogP contribution in [-0.4, -0.2) is 32.2 Å². The van der Waals surface area contributed by atoms with Gasteiger partial charge in [0.2, 0.25) is 0 Å². The third-order valence-corrected chi connectivity index (χ3v) is 8.35. The highest BCUT2D eigenvalue weighted by atomic mass is 28.3. The largest absolute Gasteiger partial charge is 0.306 e. The van der Waals surface area contributed by atoms with E-state index < -0.39 is 8.07 Å². The van der Waals surface area contributed by atoms with E-state index in [-0.39, 0.29) is 0 Å². The van der Waals surface area contributed by atoms with Gasteiger partial charge >= 0.3 is 0 Å². The van der Waals surface area contributed by atoms with Crippen LogP contribution in [0, 0.1) is 0 Å². The first-order valence-electron chi connectivity index (χ1n) is 6.12. The molecule has 0 N–H and O–H groups in total. The lowest BCUT2D eigenvalue weighted by molar-refractivity contribution is 0.210. The van der Waals surface area contributed by atoms with E-state index in [2.05, 4.69) is 31.0 Å². The normalized spacial score (nSPS) is 17.9. The predicted molar refractivity (Wildman–Crippen MR) is 67.2 cm³/mol. The van der Waals surface area contributed by atoms with Gasteiger partial charge in [-0.25, -0.2) is 0 Å². The summed E-state index contributed by atoms with van der Waals surface area (Å²) in [5, 5.41) is 0. The fourth-order valence-electron chi connectivity index (χ4n) is 2.53. The molecular weight excluding hydrogens is 186 g/mol. The number of nitrogens with zero attached hydrogens (tertiary/aromatic N) is 1. The maximum absolute atomic E-state index is 4.12. The zero-order chi connectivity index (χ0) is 10.4. The van der Waals surface area contributed by atoms with E-state index in [1.165, 1.54) is 50.6 Å². The van der Waals surface area contributed by atoms with Gasteiger partial charge in [0.05, 0.1) is 8.07 Å². The second-order valence-electron chi connectivity index (χ2n) is 4.70. The van der Waals surface area contributed by atoms with E-state index in [9.17, 15) is 0 Å². The van der Waals surface area contributed by atoms with Crippen LogP contribution in [0.25, 0.3) is 0 Å². The van der Waals surface area contributed by atoms with Crippen LogP contribution in [0.1, 0.15) is 33.1 Å². The summed E-state index contributed by atoms with van der Waals surface area (Å²) in [5.41, 5.74) is 2.36. The second kappa shape index (κ2) is 5.71. The second-order valence-corrected chi connectivity index (χ2v) is 9.15. The predicted octanol–water partition coefficient (Wildman–Crippen LogP) is 3.23. The van der Waals surface area contributed by atoms with Crippen LogP contribution >= 0.6 is 0 Å². The molecule has 1 rings (SSSR count). The summed E-state index contributed by atoms with van der Waals surface area (Å²) < 4.78 is 0. The molecule has 0 aromatic heterocycles. The Balaban J connectivity index is 2.50. The van der Waals surface area contributed by atoms with E-state index in [4.69, 9.17) is 0 Å². The van der Waals surface area contributed by atoms with Gasteiger partial charge < -0.3 is 4.90 Å². The van der Waals surface area contributed by atoms with Crippen molar-refractivity contribution in [2.24, 2.45) is 0 Å². The van der Waals surface area contributed by atoms with Crippen molar-refractivity contribution in [2.75, 3.05) is 19.3 Å². The van der Waals surface area contributed by atoms with Gasteiger partial charge in [-0.05, 0) is 25.7 Å². The average Bonchev–Trinajstić information content (AvgIpc) is 2.12. The topological polar surface area (TPSA) is 3.24 Å². The molecule has 0 spiro atoms. The molecule has 0 unspecified atom stereocenters. The molecule has 0 radical (unpaired) electrons. The monoisotopic (exact) mass is 211 g/mol. The zero-order valence-electron chi connectivity index (χ0n) is 9.89. The summed E-state index contributed by atoms with van der Waals surface area (Å²) in [4.78, 5) is 2.64. The van der Waals surface area contributed by atoms with Gasteiger partial charge in [-0.3, -0.25) is 0 Å². The van der Waals surface area contributed by atoms with E-state index in [1.807, 2.05) is 0 Å². The van der Waals surface area contributed by atoms with Gasteiger partial charge in [0, 0.05) is 0 Å². The molecule has 0 aromatic carbocycles. The van der Waals surface area contributed by atoms with E-state index in [1.54, 1.807) is 0 Å². The smallest absolute Gasteiger partial charge is 0.0915 e. The van der Waals surface area contributed by atoms with Crippen molar-refractivity contribution in [1.82, 2.24) is 4.90 Å². The molecule has 14 heavy (non-hydrogen) atoms. The Kier molecular flexibility index (Phi) is 4.89. The summed E-state index contributed by atoms with van der Waals surface area (Å²) in [6.07, 6.45) is 5.48. The first-order chi connectivity index (χ1) is 6.76. The van der Waals surface area contributed by atoms with Gasteiger partial charge in [-0.15, -0.1) is 12.3 Å². The van der Waals surface area contributed by atoms with Gasteiger partial charge in [0.1, 0.15) is 0 Å². The van der Waals surface area contributed by atoms with Gasteiger partial charge in [0.15, 0.2) is 0 Å². The highest BCUT2D eigenvalue weighted by molar-refractivity contribution is 6.84. The van der Waals surface area contributed by atoms with Crippen molar-refractivity contribution in [3.8, 4) is 0 Å². The Hall–Kier alpha value is -0.0831. The van der Waals surface area contributed by atoms with Gasteiger partial charge in [-0.1, -0.05) is 38.8 Å². The number of hydrogen-bond donors (Lipinski definition) is 0. The molecule has 2 heteroatoms. The summed E-state index contributed by atoms with van der Waals surface area (Å²) in [6, 6.07) is 2.89. The van der Waals surface area contributed by atoms with E-state index in [0.717, 1.165) is 0 Å². The van der Waals surface area contributed by atoms with Crippen molar-refractivity contribution in [3.05, 3.63) is 12.3 Å². The Bertz CT molecular complexity index is 169. The maximum Gasteiger partial charge on any atom is 0.0915 e. The summed E-state index contributed by atoms with van der Waals surface area (Å²) in [7, 11) is -1.11. The molecule has 82 valence electrons. The van der Waals surface area contributed by atoms with Crippen molar-refractivity contribution in [3.63, 3.8) is 0 Å². The average molecular weight is 211 g/mol. The van der Waals surface area contributed by atoms with Crippen LogP contribution in [0.2, 0.25) is 12.1 Å². The highest BCUT2D eigenvalue weighted by Crippen LogP contribution is 2.24. The SMILES string of the molecule is C=C[Si](CCC)(CCC)CN1CCC1. The number of hydrogen-bond acceptors (Lipinski definition) is 1. The highest BCUT2D eigenvalue weighted by Gasteiger charge is 2.31. The van der Waals surface area contributed by atoms with Crippen LogP contribution in [0.5, 0.6) is 0 Å². The molecule has 0 bridgehead atoms. The van der Waals surface area contributed by atoms with Crippen LogP contribution in [0.3, 0.4) is 0 Å². The lowest BCUT2D eigenvalue weighted by atomic mass is 10.2. The van der Waals surface area contributed by atoms with Gasteiger partial charge in [0.25, 0.3) is 0 Å². The molecule has 0 amide bonds. The molecule has 1 aliphatic heterocycles. The Labute approximate surface area is 90.2 Å². The fourth-order valence-corrected chi connectivity index (χ4v) is 6.83. The zero-order valence-corrected chi connectivity index (χ0v) is 10.9. The standard InChI is InChI=1S/C12H25NSi/c1-4-10-14(6-3,11-5-2)12-13-8-7-9-13/h6H,3-5,7-12H2,1-2H3. The van der Waals surface area contributed by atoms with Crippen LogP contribution in [-0.2, 0) is 0 Å². The van der Waals surface area contributed by atoms with Crippen LogP contribution in [0.4, 0.5) is 0 Å². The van der Waals surface area contributed by atoms with Gasteiger partial charge in [-0.2, -0.15) is 0 Å². The molecule has 1 heterocycles. The number of rotatable bonds is 7. The summed E-state index contributed by atoms with van der Waals surface area (Å²) in [5.74, 6) is 0. The molecule has 0 atom stereocenters. The third kappa shape index (κ3) is 2.96. The molecular formula is C12H25NSi. The van der Waals surface area contributed by atoms with Crippen LogP contribution < -0.4 is 0 Å². The minimum Gasteiger partial charge on any atom is -0.306 e. The molecule has 1 nitrogen and oxygen atoms in total. The third-order valence-electron chi connectivity index (χ3n) is 3.42. The van der Waals surface area contributed by atoms with E-state index >= 15 is 0 Å². The van der Waals surface area contributed by atoms with Crippen molar-refractivity contribution in [1.29, 1.82) is 0 Å². The lowest BCUT2D eigenvalue weighted by Crippen LogP contribution is -2.50. The molecule has 1 aliphatic rings. The summed E-state index contributed by atoms with van der Waals surface area (Å²) >= 11 is 0. The first kappa shape index (κ1) is 12.0. The fraction of sp³-hybridized carbons (Fsp3) is 0.833. The minimum atomic E-state index is -1.11. The van der Waals surface area contributed by atoms with Crippen molar-refractivity contribution in [2.45, 2.75) is 45.2 Å². The first-order valence-corrected chi connectivity index (χ1v) is 8.82. The minimum absolute atomic E-state index is 1.11. The molecule has 0 aromatic rings. The maximum atomic E-state index is 4.12. The Morgan fingerprint density at radius 3 is 2.07 bits per heavy atom. The molecule has 1 fully saturated rings. The Morgan fingerprint density at radius 1 is 1.21 bits per heavy atom. The quantitative estimate of drug-likeness (QED) is 0.584. The lowest BCUT2D eigenvalue weighted by Gasteiger charge is -2.39. The molecule has 0 aliphatic carbocycles. The molecule has 1 saturated heterocycles. The Morgan fingerprint density at radius 2 is 1.79 bits per heavy atom. The summed E-state index contributed by atoms with van der Waals surface area (Å²) in [6.45, 7) is 11.4. The molecule has 0 saturated carbocycles. The van der Waals surface area contributed by atoms with E-state index in [0.29, 0.717) is 0 Å². The van der Waals surface area contributed by atoms with Crippen LogP contribution in [0.15, 0.2) is 12.3 Å². The van der Waals surface area contributed by atoms with Crippen molar-refractivity contribution < 1.29 is 0 Å². The number of likely N-dealkylation sites (tertiary alicyclic amines) is 1. The van der Waals surface area contributed by atoms with Crippen molar-refractivity contribution >= 4 is 8.07 Å².